The zero-order valence-corrected chi connectivity index (χ0v) is 41.7. The normalized spacial score (nSPS) is 16.3. The van der Waals surface area contributed by atoms with Gasteiger partial charge in [-0.1, -0.05) is 222 Å². The first kappa shape index (κ1) is 42.8. The average molecular weight is 947 g/mol. The van der Waals surface area contributed by atoms with E-state index in [1.54, 1.807) is 0 Å². The summed E-state index contributed by atoms with van der Waals surface area (Å²) in [6, 6.07) is 79.7. The van der Waals surface area contributed by atoms with Crippen LogP contribution >= 0.6 is 0 Å². The van der Waals surface area contributed by atoms with Gasteiger partial charge in [0.05, 0.1) is 22.8 Å². The molecule has 2 bridgehead atoms. The molecule has 2 heterocycles. The van der Waals surface area contributed by atoms with Crippen LogP contribution in [0.25, 0.3) is 90.1 Å². The number of rotatable bonds is 6. The molecule has 5 aliphatic rings. The largest absolute Gasteiger partial charge is 0.228 e. The van der Waals surface area contributed by atoms with Gasteiger partial charge in [-0.25, -0.2) is 19.9 Å². The van der Waals surface area contributed by atoms with Gasteiger partial charge in [0.2, 0.25) is 0 Å². The molecule has 74 heavy (non-hydrogen) atoms. The summed E-state index contributed by atoms with van der Waals surface area (Å²) in [5.41, 5.74) is 28.3. The molecule has 9 aromatic carbocycles. The van der Waals surface area contributed by atoms with Crippen molar-refractivity contribution >= 4 is 0 Å². The van der Waals surface area contributed by atoms with E-state index in [1.165, 1.54) is 77.9 Å². The molecule has 350 valence electrons. The van der Waals surface area contributed by atoms with E-state index in [2.05, 4.69) is 246 Å². The van der Waals surface area contributed by atoms with Crippen molar-refractivity contribution in [1.29, 1.82) is 0 Å². The Bertz CT molecular complexity index is 3880. The molecule has 2 unspecified atom stereocenters. The monoisotopic (exact) mass is 946 g/mol. The molecule has 0 amide bonds. The Balaban J connectivity index is 0.867. The van der Waals surface area contributed by atoms with E-state index in [1.807, 2.05) is 0 Å². The third-order valence-corrected chi connectivity index (χ3v) is 16.9. The molecule has 0 N–H and O–H groups in total. The first-order valence-corrected chi connectivity index (χ1v) is 25.9. The Kier molecular flexibility index (Phi) is 9.15. The van der Waals surface area contributed by atoms with E-state index in [4.69, 9.17) is 19.9 Å². The van der Waals surface area contributed by atoms with Crippen molar-refractivity contribution in [3.63, 3.8) is 0 Å². The molecule has 0 radical (unpaired) electrons. The zero-order chi connectivity index (χ0) is 49.5. The number of hydrogen-bond donors (Lipinski definition) is 0. The van der Waals surface area contributed by atoms with Crippen molar-refractivity contribution in [3.05, 3.63) is 274 Å². The van der Waals surface area contributed by atoms with Crippen LogP contribution in [0.4, 0.5) is 0 Å². The third-order valence-electron chi connectivity index (χ3n) is 16.9. The molecule has 5 aliphatic carbocycles. The molecule has 0 fully saturated rings. The van der Waals surface area contributed by atoms with Crippen LogP contribution in [0.15, 0.2) is 218 Å². The minimum atomic E-state index is -0.196. The number of benzene rings is 9. The van der Waals surface area contributed by atoms with Gasteiger partial charge in [0.25, 0.3) is 0 Å². The van der Waals surface area contributed by atoms with Crippen molar-refractivity contribution in [2.45, 2.75) is 50.4 Å². The van der Waals surface area contributed by atoms with Gasteiger partial charge in [0.15, 0.2) is 11.6 Å². The number of fused-ring (bicyclic) bond motifs is 6. The Morgan fingerprint density at radius 2 is 0.622 bits per heavy atom. The topological polar surface area (TPSA) is 51.6 Å². The second-order valence-electron chi connectivity index (χ2n) is 21.6. The van der Waals surface area contributed by atoms with Crippen molar-refractivity contribution in [2.75, 3.05) is 0 Å². The van der Waals surface area contributed by atoms with Gasteiger partial charge in [-0.15, -0.1) is 0 Å². The highest BCUT2D eigenvalue weighted by Gasteiger charge is 2.43. The number of hydrogen-bond acceptors (Lipinski definition) is 4. The highest BCUT2D eigenvalue weighted by Crippen LogP contribution is 2.58. The summed E-state index contributed by atoms with van der Waals surface area (Å²) < 4.78 is 0. The SMILES string of the molecule is CC1(C)c2ccccc2-c2cccc(-c3cc(-c4ccc5c(c4)C4c6ccccc6C5c5cc(-c6cc(-c7cccc8c7C(C)(C)c7ccccc7-8)nc(-c7ccccc7)n6)ccc54)nc(-c4ccccc4)n3)c21. The van der Waals surface area contributed by atoms with Crippen LogP contribution in [0, 0.1) is 0 Å². The van der Waals surface area contributed by atoms with Gasteiger partial charge < -0.3 is 0 Å². The van der Waals surface area contributed by atoms with E-state index in [0.717, 1.165) is 67.8 Å². The van der Waals surface area contributed by atoms with Crippen LogP contribution < -0.4 is 0 Å². The lowest BCUT2D eigenvalue weighted by Gasteiger charge is -2.42. The van der Waals surface area contributed by atoms with E-state index < -0.39 is 0 Å². The molecule has 4 nitrogen and oxygen atoms in total. The third kappa shape index (κ3) is 6.21. The molecule has 11 aromatic rings. The zero-order valence-electron chi connectivity index (χ0n) is 41.7. The van der Waals surface area contributed by atoms with E-state index in [-0.39, 0.29) is 22.7 Å². The minimum absolute atomic E-state index is 0.0541. The van der Waals surface area contributed by atoms with Gasteiger partial charge >= 0.3 is 0 Å². The molecule has 2 aromatic heterocycles. The van der Waals surface area contributed by atoms with E-state index >= 15 is 0 Å². The summed E-state index contributed by atoms with van der Waals surface area (Å²) in [6.07, 6.45) is 0. The number of nitrogens with zero attached hydrogens (tertiary/aromatic N) is 4. The fourth-order valence-corrected chi connectivity index (χ4v) is 13.6. The average Bonchev–Trinajstić information content (AvgIpc) is 3.84. The molecule has 0 aliphatic heterocycles. The minimum Gasteiger partial charge on any atom is -0.228 e. The maximum Gasteiger partial charge on any atom is 0.160 e. The van der Waals surface area contributed by atoms with Crippen LogP contribution in [-0.4, -0.2) is 19.9 Å². The van der Waals surface area contributed by atoms with Gasteiger partial charge in [0, 0.05) is 56.0 Å². The molecule has 0 spiro atoms. The van der Waals surface area contributed by atoms with Crippen molar-refractivity contribution in [1.82, 2.24) is 19.9 Å². The van der Waals surface area contributed by atoms with Crippen LogP contribution in [0.3, 0.4) is 0 Å². The van der Waals surface area contributed by atoms with E-state index in [9.17, 15) is 0 Å². The van der Waals surface area contributed by atoms with Crippen LogP contribution in [0.5, 0.6) is 0 Å². The lowest BCUT2D eigenvalue weighted by molar-refractivity contribution is 0.661. The van der Waals surface area contributed by atoms with E-state index in [0.29, 0.717) is 0 Å². The summed E-state index contributed by atoms with van der Waals surface area (Å²) in [6.45, 7) is 9.39. The standard InChI is InChI=1S/C70H50N4/c1-69(2)57-31-15-13-23-45(57)51-27-17-29-53(65(51)69)61-39-59(71-67(73-61)41-19-7-5-8-20-41)43-33-35-49-55(37-43)63-47-25-11-12-26-48(47)64(49)56-38-44(34-36-50(56)63)60-40-62(74-68(72-60)42-21-9-6-10-22-42)54-30-18-28-52-46-24-14-16-32-58(46)70(3,4)66(52)54/h5-40,63-64H,1-4H3. The Morgan fingerprint density at radius 1 is 0.270 bits per heavy atom. The predicted octanol–water partition coefficient (Wildman–Crippen LogP) is 16.9. The summed E-state index contributed by atoms with van der Waals surface area (Å²) in [5, 5.41) is 0. The Morgan fingerprint density at radius 3 is 1.07 bits per heavy atom. The summed E-state index contributed by atoms with van der Waals surface area (Å²) in [7, 11) is 0. The summed E-state index contributed by atoms with van der Waals surface area (Å²) >= 11 is 0. The summed E-state index contributed by atoms with van der Waals surface area (Å²) in [4.78, 5) is 21.5. The van der Waals surface area contributed by atoms with Crippen LogP contribution in [-0.2, 0) is 10.8 Å². The molecular formula is C70H50N4. The smallest absolute Gasteiger partial charge is 0.160 e. The molecular weight excluding hydrogens is 897 g/mol. The summed E-state index contributed by atoms with van der Waals surface area (Å²) in [5.74, 6) is 1.55. The first-order chi connectivity index (χ1) is 36.2. The molecule has 16 rings (SSSR count). The second kappa shape index (κ2) is 15.8. The quantitative estimate of drug-likeness (QED) is 0.167. The maximum atomic E-state index is 5.39. The maximum absolute atomic E-state index is 5.39. The molecule has 0 saturated carbocycles. The fourth-order valence-electron chi connectivity index (χ4n) is 13.6. The Hall–Kier alpha value is -8.86. The fraction of sp³-hybridized carbons (Fsp3) is 0.114. The molecule has 0 saturated heterocycles. The predicted molar refractivity (Wildman–Crippen MR) is 300 cm³/mol. The highest BCUT2D eigenvalue weighted by atomic mass is 14.9. The van der Waals surface area contributed by atoms with Crippen LogP contribution in [0.1, 0.15) is 95.2 Å². The molecule has 2 atom stereocenters. The Labute approximate surface area is 432 Å². The van der Waals surface area contributed by atoms with Crippen LogP contribution in [0.2, 0.25) is 0 Å². The van der Waals surface area contributed by atoms with Gasteiger partial charge in [-0.2, -0.15) is 0 Å². The lowest BCUT2D eigenvalue weighted by atomic mass is 9.60. The number of aromatic nitrogens is 4. The van der Waals surface area contributed by atoms with Gasteiger partial charge in [-0.05, 0) is 102 Å². The second-order valence-corrected chi connectivity index (χ2v) is 21.6. The lowest BCUT2D eigenvalue weighted by Crippen LogP contribution is -2.27. The van der Waals surface area contributed by atoms with Crippen molar-refractivity contribution in [2.24, 2.45) is 0 Å². The van der Waals surface area contributed by atoms with Crippen molar-refractivity contribution in [3.8, 4) is 90.1 Å². The van der Waals surface area contributed by atoms with Gasteiger partial charge in [-0.3, -0.25) is 0 Å². The van der Waals surface area contributed by atoms with Crippen molar-refractivity contribution < 1.29 is 0 Å². The molecule has 4 heteroatoms. The van der Waals surface area contributed by atoms with Gasteiger partial charge in [0.1, 0.15) is 0 Å². The highest BCUT2D eigenvalue weighted by molar-refractivity contribution is 5.90. The first-order valence-electron chi connectivity index (χ1n) is 25.9.